The normalized spacial score (nSPS) is 17.8. The van der Waals surface area contributed by atoms with Crippen molar-refractivity contribution in [3.05, 3.63) is 64.4 Å². The zero-order valence-electron chi connectivity index (χ0n) is 12.7. The number of likely N-dealkylation sites (tertiary alicyclic amines) is 1. The van der Waals surface area contributed by atoms with E-state index in [9.17, 15) is 9.90 Å². The third kappa shape index (κ3) is 3.79. The van der Waals surface area contributed by atoms with Crippen molar-refractivity contribution in [3.63, 3.8) is 0 Å². The summed E-state index contributed by atoms with van der Waals surface area (Å²) in [7, 11) is 0. The first-order valence-corrected chi connectivity index (χ1v) is 8.56. The van der Waals surface area contributed by atoms with Gasteiger partial charge in [-0.25, -0.2) is 0 Å². The fourth-order valence-corrected chi connectivity index (χ4v) is 3.65. The maximum absolute atomic E-state index is 11.2. The van der Waals surface area contributed by atoms with Gasteiger partial charge in [0.2, 0.25) is 0 Å². The van der Waals surface area contributed by atoms with Gasteiger partial charge in [-0.2, -0.15) is 0 Å². The molecule has 5 heteroatoms. The Balaban J connectivity index is 1.89. The number of piperidine rings is 1. The van der Waals surface area contributed by atoms with Crippen LogP contribution in [-0.4, -0.2) is 34.0 Å². The van der Waals surface area contributed by atoms with Crippen LogP contribution in [0.2, 0.25) is 0 Å². The number of nitrogens with zero attached hydrogens (tertiary/aromatic N) is 2. The van der Waals surface area contributed by atoms with Crippen molar-refractivity contribution in [3.8, 4) is 0 Å². The Kier molecular flexibility index (Phi) is 5.08. The molecule has 1 N–H and O–H groups in total. The molecule has 1 fully saturated rings. The van der Waals surface area contributed by atoms with Crippen molar-refractivity contribution < 1.29 is 9.90 Å². The standard InChI is InChI=1S/C18H19BrN2O2/c19-16-5-1-3-14(11-16)17(15-4-2-8-20-12-15)21-9-6-13(7-10-21)18(22)23/h1-5,8,11-13,17H,6-7,9-10H2,(H,22,23). The van der Waals surface area contributed by atoms with Crippen LogP contribution in [0.3, 0.4) is 0 Å². The molecule has 120 valence electrons. The fourth-order valence-electron chi connectivity index (χ4n) is 3.23. The van der Waals surface area contributed by atoms with E-state index in [0.29, 0.717) is 12.8 Å². The van der Waals surface area contributed by atoms with E-state index in [1.807, 2.05) is 24.4 Å². The van der Waals surface area contributed by atoms with E-state index in [1.165, 1.54) is 5.56 Å². The molecule has 1 aromatic heterocycles. The van der Waals surface area contributed by atoms with Crippen molar-refractivity contribution in [1.82, 2.24) is 9.88 Å². The first kappa shape index (κ1) is 16.1. The highest BCUT2D eigenvalue weighted by Gasteiger charge is 2.30. The number of hydrogen-bond acceptors (Lipinski definition) is 3. The summed E-state index contributed by atoms with van der Waals surface area (Å²) in [5, 5.41) is 9.20. The Labute approximate surface area is 144 Å². The molecule has 1 unspecified atom stereocenters. The van der Waals surface area contributed by atoms with Crippen LogP contribution < -0.4 is 0 Å². The van der Waals surface area contributed by atoms with E-state index in [4.69, 9.17) is 0 Å². The molecule has 2 heterocycles. The smallest absolute Gasteiger partial charge is 0.306 e. The number of carboxylic acids is 1. The van der Waals surface area contributed by atoms with Gasteiger partial charge in [-0.05, 0) is 55.3 Å². The van der Waals surface area contributed by atoms with E-state index in [-0.39, 0.29) is 12.0 Å². The second-order valence-corrected chi connectivity index (χ2v) is 6.81. The van der Waals surface area contributed by atoms with Gasteiger partial charge in [0, 0.05) is 16.9 Å². The minimum absolute atomic E-state index is 0.107. The van der Waals surface area contributed by atoms with E-state index in [0.717, 1.165) is 23.1 Å². The second kappa shape index (κ2) is 7.23. The average Bonchev–Trinajstić information content (AvgIpc) is 2.57. The van der Waals surface area contributed by atoms with Gasteiger partial charge in [0.05, 0.1) is 12.0 Å². The lowest BCUT2D eigenvalue weighted by molar-refractivity contribution is -0.143. The number of halogens is 1. The van der Waals surface area contributed by atoms with E-state index < -0.39 is 5.97 Å². The van der Waals surface area contributed by atoms with Crippen molar-refractivity contribution in [2.75, 3.05) is 13.1 Å². The molecule has 1 atom stereocenters. The maximum atomic E-state index is 11.2. The number of carbonyl (C=O) groups is 1. The molecule has 1 aromatic carbocycles. The molecule has 0 spiro atoms. The van der Waals surface area contributed by atoms with Crippen LogP contribution in [0, 0.1) is 5.92 Å². The van der Waals surface area contributed by atoms with E-state index in [1.54, 1.807) is 6.20 Å². The van der Waals surface area contributed by atoms with Gasteiger partial charge in [0.1, 0.15) is 0 Å². The summed E-state index contributed by atoms with van der Waals surface area (Å²) in [5.41, 5.74) is 2.33. The highest BCUT2D eigenvalue weighted by molar-refractivity contribution is 9.10. The minimum Gasteiger partial charge on any atom is -0.481 e. The van der Waals surface area contributed by atoms with Gasteiger partial charge < -0.3 is 5.11 Å². The largest absolute Gasteiger partial charge is 0.481 e. The van der Waals surface area contributed by atoms with E-state index in [2.05, 4.69) is 44.0 Å². The highest BCUT2D eigenvalue weighted by atomic mass is 79.9. The Hall–Kier alpha value is -1.72. The van der Waals surface area contributed by atoms with Crippen LogP contribution in [-0.2, 0) is 4.79 Å². The van der Waals surface area contributed by atoms with Gasteiger partial charge in [-0.3, -0.25) is 14.7 Å². The van der Waals surface area contributed by atoms with Gasteiger partial charge in [-0.1, -0.05) is 34.1 Å². The lowest BCUT2D eigenvalue weighted by Crippen LogP contribution is -2.39. The quantitative estimate of drug-likeness (QED) is 0.885. The van der Waals surface area contributed by atoms with Gasteiger partial charge >= 0.3 is 5.97 Å². The van der Waals surface area contributed by atoms with Crippen LogP contribution >= 0.6 is 15.9 Å². The summed E-state index contributed by atoms with van der Waals surface area (Å²) < 4.78 is 1.05. The molecule has 0 amide bonds. The summed E-state index contributed by atoms with van der Waals surface area (Å²) in [5.74, 6) is -0.895. The van der Waals surface area contributed by atoms with Crippen molar-refractivity contribution in [2.45, 2.75) is 18.9 Å². The van der Waals surface area contributed by atoms with Gasteiger partial charge in [0.15, 0.2) is 0 Å². The van der Waals surface area contributed by atoms with Gasteiger partial charge in [0.25, 0.3) is 0 Å². The Morgan fingerprint density at radius 3 is 2.57 bits per heavy atom. The highest BCUT2D eigenvalue weighted by Crippen LogP contribution is 2.33. The number of carboxylic acid groups (broad SMARTS) is 1. The average molecular weight is 375 g/mol. The van der Waals surface area contributed by atoms with Crippen LogP contribution in [0.15, 0.2) is 53.3 Å². The zero-order chi connectivity index (χ0) is 16.2. The molecule has 0 radical (unpaired) electrons. The van der Waals surface area contributed by atoms with Crippen LogP contribution in [0.4, 0.5) is 0 Å². The topological polar surface area (TPSA) is 53.4 Å². The van der Waals surface area contributed by atoms with E-state index >= 15 is 0 Å². The Morgan fingerprint density at radius 1 is 1.22 bits per heavy atom. The number of aliphatic carboxylic acids is 1. The number of hydrogen-bond donors (Lipinski definition) is 1. The lowest BCUT2D eigenvalue weighted by atomic mass is 9.92. The summed E-state index contributed by atoms with van der Waals surface area (Å²) in [6.45, 7) is 1.56. The first-order valence-electron chi connectivity index (χ1n) is 7.77. The molecular weight excluding hydrogens is 356 g/mol. The fraction of sp³-hybridized carbons (Fsp3) is 0.333. The molecule has 1 saturated heterocycles. The first-order chi connectivity index (χ1) is 11.1. The van der Waals surface area contributed by atoms with Crippen LogP contribution in [0.25, 0.3) is 0 Å². The van der Waals surface area contributed by atoms with Gasteiger partial charge in [-0.15, -0.1) is 0 Å². The molecule has 2 aromatic rings. The third-order valence-electron chi connectivity index (χ3n) is 4.41. The predicted molar refractivity (Wildman–Crippen MR) is 92.2 cm³/mol. The maximum Gasteiger partial charge on any atom is 0.306 e. The molecule has 0 saturated carbocycles. The molecular formula is C18H19BrN2O2. The zero-order valence-corrected chi connectivity index (χ0v) is 14.3. The second-order valence-electron chi connectivity index (χ2n) is 5.89. The van der Waals surface area contributed by atoms with Crippen molar-refractivity contribution in [1.29, 1.82) is 0 Å². The number of benzene rings is 1. The van der Waals surface area contributed by atoms with Crippen LogP contribution in [0.1, 0.15) is 30.0 Å². The summed E-state index contributed by atoms with van der Waals surface area (Å²) >= 11 is 3.54. The van der Waals surface area contributed by atoms with Crippen molar-refractivity contribution in [2.24, 2.45) is 5.92 Å². The lowest BCUT2D eigenvalue weighted by Gasteiger charge is -2.37. The molecule has 4 nitrogen and oxygen atoms in total. The minimum atomic E-state index is -0.676. The molecule has 0 bridgehead atoms. The molecule has 3 rings (SSSR count). The Bertz CT molecular complexity index is 670. The monoisotopic (exact) mass is 374 g/mol. The van der Waals surface area contributed by atoms with Crippen LogP contribution in [0.5, 0.6) is 0 Å². The number of aromatic nitrogens is 1. The SMILES string of the molecule is O=C(O)C1CCN(C(c2cccnc2)c2cccc(Br)c2)CC1. The van der Waals surface area contributed by atoms with Crippen molar-refractivity contribution >= 4 is 21.9 Å². The number of rotatable bonds is 4. The summed E-state index contributed by atoms with van der Waals surface area (Å²) in [6, 6.07) is 12.4. The molecule has 0 aliphatic carbocycles. The molecule has 23 heavy (non-hydrogen) atoms. The summed E-state index contributed by atoms with van der Waals surface area (Å²) in [6.07, 6.45) is 5.06. The predicted octanol–water partition coefficient (Wildman–Crippen LogP) is 3.73. The molecule has 1 aliphatic heterocycles. The third-order valence-corrected chi connectivity index (χ3v) is 4.90. The summed E-state index contributed by atoms with van der Waals surface area (Å²) in [4.78, 5) is 17.8. The molecule has 1 aliphatic rings. The Morgan fingerprint density at radius 2 is 1.96 bits per heavy atom. The number of pyridine rings is 1.